The Labute approximate surface area is 205 Å². The van der Waals surface area contributed by atoms with Crippen LogP contribution in [0.2, 0.25) is 0 Å². The molecule has 8 heteroatoms. The molecule has 6 rings (SSSR count). The van der Waals surface area contributed by atoms with Gasteiger partial charge in [-0.25, -0.2) is 4.99 Å². The molecular formula is C27H30N6O2. The minimum atomic E-state index is -0.215. The molecule has 4 aliphatic rings. The summed E-state index contributed by atoms with van der Waals surface area (Å²) < 4.78 is 0. The van der Waals surface area contributed by atoms with Crippen molar-refractivity contribution in [2.75, 3.05) is 18.9 Å². The second-order valence-electron chi connectivity index (χ2n) is 9.73. The van der Waals surface area contributed by atoms with Gasteiger partial charge in [-0.05, 0) is 50.3 Å². The predicted octanol–water partition coefficient (Wildman–Crippen LogP) is 2.97. The monoisotopic (exact) mass is 470 g/mol. The van der Waals surface area contributed by atoms with Gasteiger partial charge in [0.2, 0.25) is 5.96 Å². The Hall–Kier alpha value is -3.65. The molecule has 1 saturated carbocycles. The van der Waals surface area contributed by atoms with Gasteiger partial charge in [0.15, 0.2) is 5.78 Å². The topological polar surface area (TPSA) is 80.3 Å². The summed E-state index contributed by atoms with van der Waals surface area (Å²) in [4.78, 5) is 34.3. The lowest BCUT2D eigenvalue weighted by Crippen LogP contribution is -2.63. The van der Waals surface area contributed by atoms with Crippen LogP contribution < -0.4 is 10.7 Å². The molecule has 3 aliphatic heterocycles. The molecule has 0 aromatic heterocycles. The molecule has 1 saturated heterocycles. The molecule has 35 heavy (non-hydrogen) atoms. The van der Waals surface area contributed by atoms with E-state index in [-0.39, 0.29) is 23.9 Å². The number of amides is 1. The van der Waals surface area contributed by atoms with Crippen molar-refractivity contribution in [1.29, 1.82) is 0 Å². The first-order valence-corrected chi connectivity index (χ1v) is 12.3. The highest BCUT2D eigenvalue weighted by atomic mass is 16.2. The summed E-state index contributed by atoms with van der Waals surface area (Å²) >= 11 is 0. The largest absolute Gasteiger partial charge is 0.341 e. The fraction of sp³-hybridized carbons (Fsp3) is 0.370. The summed E-state index contributed by atoms with van der Waals surface area (Å²) in [6.07, 6.45) is 3.89. The van der Waals surface area contributed by atoms with Crippen LogP contribution in [0.1, 0.15) is 42.1 Å². The van der Waals surface area contributed by atoms with E-state index in [9.17, 15) is 9.59 Å². The number of nitrogens with one attached hydrogen (secondary N) is 2. The number of hydrogen-bond acceptors (Lipinski definition) is 7. The molecule has 2 aromatic carbocycles. The van der Waals surface area contributed by atoms with Gasteiger partial charge in [-0.15, -0.1) is 0 Å². The number of ketones is 1. The first-order valence-electron chi connectivity index (χ1n) is 12.3. The summed E-state index contributed by atoms with van der Waals surface area (Å²) in [5, 5.41) is 5.62. The van der Waals surface area contributed by atoms with Gasteiger partial charge in [-0.3, -0.25) is 14.5 Å². The van der Waals surface area contributed by atoms with Crippen LogP contribution in [0.15, 0.2) is 71.0 Å². The number of guanidine groups is 1. The van der Waals surface area contributed by atoms with E-state index in [1.807, 2.05) is 61.6 Å². The smallest absolute Gasteiger partial charge is 0.263 e. The molecule has 8 nitrogen and oxygen atoms in total. The summed E-state index contributed by atoms with van der Waals surface area (Å²) in [7, 11) is 1.83. The summed E-state index contributed by atoms with van der Waals surface area (Å²) in [6.45, 7) is 2.28. The van der Waals surface area contributed by atoms with Gasteiger partial charge in [0.1, 0.15) is 12.0 Å². The number of rotatable bonds is 6. The zero-order valence-electron chi connectivity index (χ0n) is 20.1. The predicted molar refractivity (Wildman–Crippen MR) is 134 cm³/mol. The van der Waals surface area contributed by atoms with E-state index in [2.05, 4.69) is 20.7 Å². The molecule has 2 aromatic rings. The van der Waals surface area contributed by atoms with Crippen LogP contribution in [0.5, 0.6) is 0 Å². The van der Waals surface area contributed by atoms with E-state index in [1.54, 1.807) is 11.8 Å². The fourth-order valence-corrected chi connectivity index (χ4v) is 5.73. The lowest BCUT2D eigenvalue weighted by Gasteiger charge is -2.44. The van der Waals surface area contributed by atoms with E-state index in [1.165, 1.54) is 0 Å². The van der Waals surface area contributed by atoms with E-state index in [4.69, 9.17) is 4.99 Å². The average molecular weight is 471 g/mol. The molecule has 3 heterocycles. The maximum Gasteiger partial charge on any atom is 0.263 e. The average Bonchev–Trinajstić information content (AvgIpc) is 3.55. The summed E-state index contributed by atoms with van der Waals surface area (Å²) in [5.74, 6) is 1.56. The minimum absolute atomic E-state index is 0.0239. The Kier molecular flexibility index (Phi) is 5.33. The highest BCUT2D eigenvalue weighted by Crippen LogP contribution is 2.41. The van der Waals surface area contributed by atoms with E-state index in [0.29, 0.717) is 12.6 Å². The maximum absolute atomic E-state index is 13.6. The van der Waals surface area contributed by atoms with Gasteiger partial charge in [0.25, 0.3) is 5.91 Å². The number of carbonyl (C=O) groups excluding carboxylic acids is 2. The lowest BCUT2D eigenvalue weighted by molar-refractivity contribution is -0.126. The second kappa shape index (κ2) is 8.53. The van der Waals surface area contributed by atoms with Gasteiger partial charge < -0.3 is 15.6 Å². The van der Waals surface area contributed by atoms with Crippen molar-refractivity contribution in [3.8, 4) is 0 Å². The molecule has 1 unspecified atom stereocenters. The maximum atomic E-state index is 13.6. The first-order chi connectivity index (χ1) is 17.0. The molecule has 0 radical (unpaired) electrons. The first kappa shape index (κ1) is 21.9. The summed E-state index contributed by atoms with van der Waals surface area (Å²) in [6, 6.07) is 18.3. The van der Waals surface area contributed by atoms with Gasteiger partial charge in [-0.1, -0.05) is 42.5 Å². The van der Waals surface area contributed by atoms with Crippen molar-refractivity contribution in [3.63, 3.8) is 0 Å². The molecule has 3 atom stereocenters. The highest BCUT2D eigenvalue weighted by Gasteiger charge is 2.55. The highest BCUT2D eigenvalue weighted by molar-refractivity contribution is 6.10. The third-order valence-electron chi connectivity index (χ3n) is 7.54. The lowest BCUT2D eigenvalue weighted by atomic mass is 10.0. The van der Waals surface area contributed by atoms with Gasteiger partial charge in [0, 0.05) is 24.8 Å². The van der Waals surface area contributed by atoms with Crippen LogP contribution in [0.3, 0.4) is 0 Å². The van der Waals surface area contributed by atoms with Gasteiger partial charge in [0.05, 0.1) is 17.7 Å². The SMILES string of the molecule is CC(=O)c1ccc(CCN2NC(Nc3ccccc3)=C3C(=O)N(C)C4=N[C@@H]5CCC[C@@H]5N4C32)cc1. The van der Waals surface area contributed by atoms with Crippen LogP contribution in [-0.2, 0) is 11.2 Å². The molecule has 1 aliphatic carbocycles. The zero-order valence-corrected chi connectivity index (χ0v) is 20.1. The molecular weight excluding hydrogens is 440 g/mol. The van der Waals surface area contributed by atoms with E-state index >= 15 is 0 Å². The molecule has 0 bridgehead atoms. The van der Waals surface area contributed by atoms with Gasteiger partial charge >= 0.3 is 0 Å². The molecule has 0 spiro atoms. The molecule has 1 amide bonds. The van der Waals surface area contributed by atoms with Crippen LogP contribution >= 0.6 is 0 Å². The van der Waals surface area contributed by atoms with Gasteiger partial charge in [-0.2, -0.15) is 5.01 Å². The molecule has 180 valence electrons. The Balaban J connectivity index is 1.32. The van der Waals surface area contributed by atoms with Crippen molar-refractivity contribution >= 4 is 23.3 Å². The molecule has 2 fully saturated rings. The number of benzene rings is 2. The Morgan fingerprint density at radius 2 is 1.89 bits per heavy atom. The van der Waals surface area contributed by atoms with Crippen LogP contribution in [0.4, 0.5) is 5.69 Å². The van der Waals surface area contributed by atoms with Crippen molar-refractivity contribution < 1.29 is 9.59 Å². The normalized spacial score (nSPS) is 25.3. The Bertz CT molecular complexity index is 1220. The number of likely N-dealkylation sites (N-methyl/N-ethyl adjacent to an activating group) is 1. The summed E-state index contributed by atoms with van der Waals surface area (Å²) in [5.41, 5.74) is 7.06. The van der Waals surface area contributed by atoms with Crippen molar-refractivity contribution in [3.05, 3.63) is 77.1 Å². The van der Waals surface area contributed by atoms with Crippen molar-refractivity contribution in [1.82, 2.24) is 20.2 Å². The zero-order chi connectivity index (χ0) is 24.1. The number of hydrazine groups is 1. The second-order valence-corrected chi connectivity index (χ2v) is 9.73. The van der Waals surface area contributed by atoms with Crippen molar-refractivity contribution in [2.24, 2.45) is 4.99 Å². The van der Waals surface area contributed by atoms with E-state index < -0.39 is 0 Å². The van der Waals surface area contributed by atoms with Crippen molar-refractivity contribution in [2.45, 2.75) is 50.9 Å². The number of hydrogen-bond donors (Lipinski definition) is 2. The number of anilines is 1. The quantitative estimate of drug-likeness (QED) is 0.632. The van der Waals surface area contributed by atoms with Crippen LogP contribution in [-0.4, -0.2) is 64.3 Å². The van der Waals surface area contributed by atoms with E-state index in [0.717, 1.165) is 59.9 Å². The Morgan fingerprint density at radius 1 is 1.11 bits per heavy atom. The third-order valence-corrected chi connectivity index (χ3v) is 7.54. The number of carbonyl (C=O) groups is 2. The third kappa shape index (κ3) is 3.69. The number of fused-ring (bicyclic) bond motifs is 5. The van der Waals surface area contributed by atoms with Crippen LogP contribution in [0.25, 0.3) is 0 Å². The fourth-order valence-electron chi connectivity index (χ4n) is 5.73. The standard InChI is InChI=1S/C27H30N6O2/c1-17(34)19-13-11-18(12-14-19)15-16-32-25-23(24(30-32)28-20-7-4-3-5-8-20)26(35)31(2)27-29-21-9-6-10-22(21)33(25)27/h3-5,7-8,11-14,21-22,25,28,30H,6,9-10,15-16H2,1-2H3/t21-,22+,25?/m1/s1. The number of para-hydroxylation sites is 1. The van der Waals surface area contributed by atoms with Crippen LogP contribution in [0, 0.1) is 0 Å². The minimum Gasteiger partial charge on any atom is -0.341 e. The number of nitrogens with zero attached hydrogens (tertiary/aromatic N) is 4. The number of aliphatic imine (C=N–C) groups is 1. The number of Topliss-reactive ketones (excluding diaryl/α,β-unsaturated/α-hetero) is 1. The Morgan fingerprint density at radius 3 is 2.63 bits per heavy atom. The molecule has 2 N–H and O–H groups in total.